The highest BCUT2D eigenvalue weighted by atomic mass is 16.5. The molecule has 6 nitrogen and oxygen atoms in total. The molecule has 0 aromatic carbocycles. The van der Waals surface area contributed by atoms with Crippen molar-refractivity contribution in [2.24, 2.45) is 5.92 Å². The first-order valence-electron chi connectivity index (χ1n) is 6.41. The van der Waals surface area contributed by atoms with Crippen LogP contribution in [0, 0.1) is 5.92 Å². The summed E-state index contributed by atoms with van der Waals surface area (Å²) < 4.78 is 5.07. The fourth-order valence-electron chi connectivity index (χ4n) is 1.45. The van der Waals surface area contributed by atoms with Gasteiger partial charge in [0.25, 0.3) is 0 Å². The van der Waals surface area contributed by atoms with E-state index in [1.807, 2.05) is 6.92 Å². The number of rotatable bonds is 7. The van der Waals surface area contributed by atoms with E-state index in [0.29, 0.717) is 29.9 Å². The van der Waals surface area contributed by atoms with Crippen LogP contribution in [0.5, 0.6) is 6.01 Å². The second-order valence-electron chi connectivity index (χ2n) is 4.32. The van der Waals surface area contributed by atoms with Gasteiger partial charge in [0.1, 0.15) is 0 Å². The average Bonchev–Trinajstić information content (AvgIpc) is 2.37. The minimum absolute atomic E-state index is 0.302. The van der Waals surface area contributed by atoms with E-state index in [-0.39, 0.29) is 0 Å². The minimum Gasteiger partial charge on any atom is -0.467 e. The number of aromatic nitrogens is 3. The maximum Gasteiger partial charge on any atom is 0.322 e. The van der Waals surface area contributed by atoms with E-state index in [0.717, 1.165) is 13.0 Å². The van der Waals surface area contributed by atoms with Gasteiger partial charge in [0.15, 0.2) is 0 Å². The van der Waals surface area contributed by atoms with Gasteiger partial charge in [-0.05, 0) is 19.8 Å². The van der Waals surface area contributed by atoms with Gasteiger partial charge < -0.3 is 15.4 Å². The molecule has 0 bridgehead atoms. The van der Waals surface area contributed by atoms with Gasteiger partial charge in [-0.25, -0.2) is 0 Å². The molecule has 1 rings (SSSR count). The van der Waals surface area contributed by atoms with E-state index >= 15 is 0 Å². The first-order chi connectivity index (χ1) is 8.60. The number of hydrogen-bond donors (Lipinski definition) is 2. The number of nitrogens with one attached hydrogen (secondary N) is 2. The van der Waals surface area contributed by atoms with Crippen LogP contribution in [0.4, 0.5) is 11.9 Å². The fraction of sp³-hybridized carbons (Fsp3) is 0.750. The van der Waals surface area contributed by atoms with Crippen molar-refractivity contribution in [2.75, 3.05) is 24.3 Å². The standard InChI is InChI=1S/C12H23N5O/c1-6-8(3)9(4)14-11-15-10(13-7-2)16-12(17-11)18-5/h8-9H,6-7H2,1-5H3,(H2,13,14,15,16,17). The van der Waals surface area contributed by atoms with Crippen molar-refractivity contribution in [1.82, 2.24) is 15.0 Å². The van der Waals surface area contributed by atoms with Crippen molar-refractivity contribution in [1.29, 1.82) is 0 Å². The van der Waals surface area contributed by atoms with Crippen molar-refractivity contribution < 1.29 is 4.74 Å². The molecule has 0 fully saturated rings. The summed E-state index contributed by atoms with van der Waals surface area (Å²) in [6.45, 7) is 9.23. The summed E-state index contributed by atoms with van der Waals surface area (Å²) in [6, 6.07) is 0.622. The number of hydrogen-bond acceptors (Lipinski definition) is 6. The van der Waals surface area contributed by atoms with Crippen molar-refractivity contribution in [3.63, 3.8) is 0 Å². The van der Waals surface area contributed by atoms with Crippen LogP contribution in [0.25, 0.3) is 0 Å². The van der Waals surface area contributed by atoms with Gasteiger partial charge in [0.2, 0.25) is 11.9 Å². The quantitative estimate of drug-likeness (QED) is 0.776. The van der Waals surface area contributed by atoms with Crippen molar-refractivity contribution in [3.8, 4) is 6.01 Å². The zero-order valence-corrected chi connectivity index (χ0v) is 11.8. The summed E-state index contributed by atoms with van der Waals surface area (Å²) in [6.07, 6.45) is 1.11. The monoisotopic (exact) mass is 253 g/mol. The normalized spacial score (nSPS) is 13.8. The summed E-state index contributed by atoms with van der Waals surface area (Å²) in [5, 5.41) is 6.34. The largest absolute Gasteiger partial charge is 0.467 e. The van der Waals surface area contributed by atoms with Gasteiger partial charge in [-0.1, -0.05) is 20.3 Å². The van der Waals surface area contributed by atoms with Crippen LogP contribution in [-0.4, -0.2) is 34.6 Å². The third kappa shape index (κ3) is 4.01. The summed E-state index contributed by atoms with van der Waals surface area (Å²) in [4.78, 5) is 12.6. The van der Waals surface area contributed by atoms with E-state index in [1.54, 1.807) is 7.11 Å². The van der Waals surface area contributed by atoms with E-state index in [2.05, 4.69) is 46.4 Å². The van der Waals surface area contributed by atoms with Crippen LogP contribution in [0.3, 0.4) is 0 Å². The van der Waals surface area contributed by atoms with E-state index in [9.17, 15) is 0 Å². The average molecular weight is 253 g/mol. The molecule has 0 aliphatic heterocycles. The lowest BCUT2D eigenvalue weighted by molar-refractivity contribution is 0.379. The highest BCUT2D eigenvalue weighted by Gasteiger charge is 2.13. The SMILES string of the molecule is CCNc1nc(NC(C)C(C)CC)nc(OC)n1. The molecular weight excluding hydrogens is 230 g/mol. The molecule has 0 saturated carbocycles. The number of ether oxygens (including phenoxy) is 1. The first-order valence-corrected chi connectivity index (χ1v) is 6.41. The molecule has 1 aromatic rings. The molecule has 18 heavy (non-hydrogen) atoms. The molecule has 0 saturated heterocycles. The second-order valence-corrected chi connectivity index (χ2v) is 4.32. The highest BCUT2D eigenvalue weighted by molar-refractivity contribution is 5.36. The second kappa shape index (κ2) is 6.98. The predicted octanol–water partition coefficient (Wildman–Crippen LogP) is 2.16. The van der Waals surface area contributed by atoms with Gasteiger partial charge in [-0.2, -0.15) is 15.0 Å². The first kappa shape index (κ1) is 14.5. The van der Waals surface area contributed by atoms with E-state index < -0.39 is 0 Å². The Morgan fingerprint density at radius 1 is 1.11 bits per heavy atom. The summed E-state index contributed by atoms with van der Waals surface area (Å²) in [5.74, 6) is 1.63. The molecule has 0 aliphatic carbocycles. The Hall–Kier alpha value is -1.59. The Balaban J connectivity index is 2.83. The zero-order chi connectivity index (χ0) is 13.5. The van der Waals surface area contributed by atoms with Crippen molar-refractivity contribution in [3.05, 3.63) is 0 Å². The molecule has 0 spiro atoms. The number of methoxy groups -OCH3 is 1. The molecule has 1 aromatic heterocycles. The summed E-state index contributed by atoms with van der Waals surface area (Å²) in [7, 11) is 1.55. The maximum absolute atomic E-state index is 5.07. The topological polar surface area (TPSA) is 72.0 Å². The lowest BCUT2D eigenvalue weighted by atomic mass is 10.0. The van der Waals surface area contributed by atoms with Crippen LogP contribution < -0.4 is 15.4 Å². The third-order valence-corrected chi connectivity index (χ3v) is 2.99. The minimum atomic E-state index is 0.302. The van der Waals surface area contributed by atoms with Gasteiger partial charge in [0.05, 0.1) is 7.11 Å². The summed E-state index contributed by atoms with van der Waals surface area (Å²) >= 11 is 0. The molecule has 0 aliphatic rings. The van der Waals surface area contributed by atoms with Crippen LogP contribution >= 0.6 is 0 Å². The van der Waals surface area contributed by atoms with Crippen molar-refractivity contribution in [2.45, 2.75) is 40.2 Å². The molecule has 1 heterocycles. The highest BCUT2D eigenvalue weighted by Crippen LogP contribution is 2.15. The molecule has 102 valence electrons. The smallest absolute Gasteiger partial charge is 0.322 e. The van der Waals surface area contributed by atoms with Crippen LogP contribution in [0.2, 0.25) is 0 Å². The van der Waals surface area contributed by atoms with Gasteiger partial charge >= 0.3 is 6.01 Å². The van der Waals surface area contributed by atoms with Crippen LogP contribution in [0.15, 0.2) is 0 Å². The Morgan fingerprint density at radius 2 is 1.78 bits per heavy atom. The maximum atomic E-state index is 5.07. The Labute approximate surface area is 109 Å². The van der Waals surface area contributed by atoms with Crippen LogP contribution in [0.1, 0.15) is 34.1 Å². The lowest BCUT2D eigenvalue weighted by Crippen LogP contribution is -2.25. The fourth-order valence-corrected chi connectivity index (χ4v) is 1.45. The number of nitrogens with zero attached hydrogens (tertiary/aromatic N) is 3. The molecule has 2 unspecified atom stereocenters. The molecule has 2 atom stereocenters. The molecule has 2 N–H and O–H groups in total. The van der Waals surface area contributed by atoms with Crippen LogP contribution in [-0.2, 0) is 0 Å². The van der Waals surface area contributed by atoms with E-state index in [1.165, 1.54) is 0 Å². The Bertz CT molecular complexity index is 371. The van der Waals surface area contributed by atoms with Gasteiger partial charge in [-0.15, -0.1) is 0 Å². The van der Waals surface area contributed by atoms with Crippen molar-refractivity contribution >= 4 is 11.9 Å². The lowest BCUT2D eigenvalue weighted by Gasteiger charge is -2.20. The Kier molecular flexibility index (Phi) is 5.61. The van der Waals surface area contributed by atoms with E-state index in [4.69, 9.17) is 4.74 Å². The molecule has 6 heteroatoms. The molecular formula is C12H23N5O. The summed E-state index contributed by atoms with van der Waals surface area (Å²) in [5.41, 5.74) is 0. The van der Waals surface area contributed by atoms with Gasteiger partial charge in [0, 0.05) is 12.6 Å². The Morgan fingerprint density at radius 3 is 2.33 bits per heavy atom. The zero-order valence-electron chi connectivity index (χ0n) is 11.8. The third-order valence-electron chi connectivity index (χ3n) is 2.99. The predicted molar refractivity (Wildman–Crippen MR) is 73.1 cm³/mol. The van der Waals surface area contributed by atoms with Gasteiger partial charge in [-0.3, -0.25) is 0 Å². The molecule has 0 radical (unpaired) electrons. The number of anilines is 2. The molecule has 0 amide bonds.